The molecule has 0 saturated carbocycles. The summed E-state index contributed by atoms with van der Waals surface area (Å²) in [5.74, 6) is 0.532. The van der Waals surface area contributed by atoms with Crippen LogP contribution in [0.2, 0.25) is 13.3 Å². The van der Waals surface area contributed by atoms with Crippen LogP contribution >= 0.6 is 0 Å². The Bertz CT molecular complexity index is 1050. The van der Waals surface area contributed by atoms with Gasteiger partial charge in [-0.1, -0.05) is 0 Å². The molecular formula is C30H43N3Sn. The van der Waals surface area contributed by atoms with Gasteiger partial charge in [0.05, 0.1) is 0 Å². The zero-order chi connectivity index (χ0) is 24.4. The summed E-state index contributed by atoms with van der Waals surface area (Å²) in [7, 11) is 2.05. The first-order valence-corrected chi connectivity index (χ1v) is 20.7. The Morgan fingerprint density at radius 3 is 2.03 bits per heavy atom. The molecule has 4 heteroatoms. The Hall–Kier alpha value is -2.01. The Kier molecular flexibility index (Phi) is 10.3. The maximum absolute atomic E-state index is 6.57. The third-order valence-corrected chi connectivity index (χ3v) is 22.8. The molecule has 3 rings (SSSR count). The third kappa shape index (κ3) is 6.56. The molecule has 182 valence electrons. The van der Waals surface area contributed by atoms with Crippen molar-refractivity contribution in [3.63, 3.8) is 0 Å². The van der Waals surface area contributed by atoms with Crippen molar-refractivity contribution in [3.8, 4) is 0 Å². The minimum atomic E-state index is -2.49. The van der Waals surface area contributed by atoms with Crippen molar-refractivity contribution in [3.05, 3.63) is 66.7 Å². The number of nitrogens with two attached hydrogens (primary N) is 1. The molecule has 0 aliphatic carbocycles. The summed E-state index contributed by atoms with van der Waals surface area (Å²) in [6.45, 7) is 7.01. The van der Waals surface area contributed by atoms with Gasteiger partial charge in [0, 0.05) is 0 Å². The molecule has 0 atom stereocenters. The number of anilines is 1. The van der Waals surface area contributed by atoms with Gasteiger partial charge in [-0.05, 0) is 0 Å². The topological polar surface area (TPSA) is 41.6 Å². The average molecular weight is 564 g/mol. The quantitative estimate of drug-likeness (QED) is 0.138. The summed E-state index contributed by atoms with van der Waals surface area (Å²) in [5.41, 5.74) is 8.64. The fourth-order valence-electron chi connectivity index (χ4n) is 5.03. The summed E-state index contributed by atoms with van der Waals surface area (Å²) in [6.07, 6.45) is 7.99. The van der Waals surface area contributed by atoms with Crippen LogP contribution in [0.1, 0.15) is 59.3 Å². The van der Waals surface area contributed by atoms with Crippen LogP contribution in [0.5, 0.6) is 0 Å². The van der Waals surface area contributed by atoms with Crippen molar-refractivity contribution in [1.82, 2.24) is 0 Å². The van der Waals surface area contributed by atoms with Crippen molar-refractivity contribution in [2.24, 2.45) is 10.7 Å². The van der Waals surface area contributed by atoms with E-state index in [2.05, 4.69) is 80.3 Å². The summed E-state index contributed by atoms with van der Waals surface area (Å²) < 4.78 is 6.08. The van der Waals surface area contributed by atoms with Crippen molar-refractivity contribution in [2.75, 3.05) is 11.9 Å². The first kappa shape index (κ1) is 26.6. The molecular weight excluding hydrogens is 521 g/mol. The number of hydrogen-bond donors (Lipinski definition) is 1. The molecule has 0 bridgehead atoms. The van der Waals surface area contributed by atoms with Gasteiger partial charge in [-0.15, -0.1) is 0 Å². The van der Waals surface area contributed by atoms with Crippen molar-refractivity contribution in [2.45, 2.75) is 72.6 Å². The fraction of sp³-hybridized carbons (Fsp3) is 0.433. The number of benzene rings is 3. The molecule has 3 aromatic carbocycles. The monoisotopic (exact) mass is 565 g/mol. The number of unbranched alkanes of at least 4 members (excludes halogenated alkanes) is 3. The average Bonchev–Trinajstić information content (AvgIpc) is 2.88. The van der Waals surface area contributed by atoms with Gasteiger partial charge in [-0.25, -0.2) is 0 Å². The van der Waals surface area contributed by atoms with Gasteiger partial charge in [0.25, 0.3) is 0 Å². The van der Waals surface area contributed by atoms with Crippen LogP contribution in [0.4, 0.5) is 11.4 Å². The molecule has 0 aliphatic rings. The standard InChI is InChI=1S/C18H16N3.3C4H9.Sn/c1-21(15-10-3-2-4-11-15)18(19)20-17-13-7-9-14-8-5-6-12-16(14)17;3*1-3-4-2;/h2-3,5-13H,1H3,(H2,19,20);3*1,3-4H2,2H3;. The third-order valence-electron chi connectivity index (χ3n) is 7.22. The second-order valence-electron chi connectivity index (χ2n) is 9.67. The van der Waals surface area contributed by atoms with Gasteiger partial charge in [0.1, 0.15) is 0 Å². The normalized spacial score (nSPS) is 12.3. The van der Waals surface area contributed by atoms with E-state index >= 15 is 0 Å². The first-order valence-electron chi connectivity index (χ1n) is 13.2. The molecule has 34 heavy (non-hydrogen) atoms. The van der Waals surface area contributed by atoms with Crippen LogP contribution in [0.25, 0.3) is 10.8 Å². The van der Waals surface area contributed by atoms with E-state index in [0.29, 0.717) is 5.96 Å². The van der Waals surface area contributed by atoms with E-state index < -0.39 is 18.4 Å². The second kappa shape index (κ2) is 13.2. The number of hydrogen-bond acceptors (Lipinski definition) is 1. The Morgan fingerprint density at radius 1 is 0.794 bits per heavy atom. The molecule has 0 fully saturated rings. The van der Waals surface area contributed by atoms with Gasteiger partial charge in [0.15, 0.2) is 0 Å². The predicted octanol–water partition coefficient (Wildman–Crippen LogP) is 7.98. The molecule has 0 aliphatic heterocycles. The second-order valence-corrected chi connectivity index (χ2v) is 22.9. The van der Waals surface area contributed by atoms with Gasteiger partial charge in [-0.3, -0.25) is 0 Å². The van der Waals surface area contributed by atoms with E-state index in [-0.39, 0.29) is 0 Å². The van der Waals surface area contributed by atoms with Crippen molar-refractivity contribution in [1.29, 1.82) is 0 Å². The number of guanidine groups is 1. The first-order chi connectivity index (χ1) is 16.5. The SMILES string of the molecule is CCC[CH2][Sn]([CH2]CCC)([CH2]CCC)[c]1cccc(N(C)C(N)=Nc2cccc3ccccc23)c1. The molecule has 0 spiro atoms. The molecule has 0 radical (unpaired) electrons. The molecule has 3 aromatic rings. The number of nitrogens with zero attached hydrogens (tertiary/aromatic N) is 2. The summed E-state index contributed by atoms with van der Waals surface area (Å²) >= 11 is -2.49. The summed E-state index contributed by atoms with van der Waals surface area (Å²) in [5, 5.41) is 2.31. The zero-order valence-corrected chi connectivity index (χ0v) is 24.5. The van der Waals surface area contributed by atoms with Crippen molar-refractivity contribution < 1.29 is 0 Å². The van der Waals surface area contributed by atoms with Crippen LogP contribution < -0.4 is 14.2 Å². The molecule has 0 aromatic heterocycles. The molecule has 0 unspecified atom stereocenters. The van der Waals surface area contributed by atoms with Gasteiger partial charge in [0.2, 0.25) is 0 Å². The van der Waals surface area contributed by atoms with E-state index in [1.54, 1.807) is 3.58 Å². The van der Waals surface area contributed by atoms with E-state index in [4.69, 9.17) is 10.7 Å². The Morgan fingerprint density at radius 2 is 1.38 bits per heavy atom. The molecule has 0 saturated heterocycles. The predicted molar refractivity (Wildman–Crippen MR) is 155 cm³/mol. The number of fused-ring (bicyclic) bond motifs is 1. The van der Waals surface area contributed by atoms with Crippen LogP contribution in [0.3, 0.4) is 0 Å². The van der Waals surface area contributed by atoms with Crippen molar-refractivity contribution >= 4 is 50.1 Å². The van der Waals surface area contributed by atoms with Gasteiger partial charge >= 0.3 is 212 Å². The van der Waals surface area contributed by atoms with Gasteiger partial charge < -0.3 is 0 Å². The molecule has 0 heterocycles. The zero-order valence-electron chi connectivity index (χ0n) is 21.7. The molecule has 0 amide bonds. The van der Waals surface area contributed by atoms with E-state index in [9.17, 15) is 0 Å². The summed E-state index contributed by atoms with van der Waals surface area (Å²) in [4.78, 5) is 6.90. The molecule has 3 nitrogen and oxygen atoms in total. The van der Waals surface area contributed by atoms with E-state index in [1.165, 1.54) is 57.2 Å². The minimum absolute atomic E-state index is 0.532. The molecule has 2 N–H and O–H groups in total. The maximum atomic E-state index is 6.57. The van der Waals surface area contributed by atoms with Crippen LogP contribution in [0, 0.1) is 0 Å². The number of rotatable bonds is 12. The van der Waals surface area contributed by atoms with Crippen LogP contribution in [0.15, 0.2) is 71.7 Å². The van der Waals surface area contributed by atoms with E-state index in [0.717, 1.165) is 16.8 Å². The Balaban J connectivity index is 1.95. The van der Waals surface area contributed by atoms with Crippen LogP contribution in [-0.2, 0) is 0 Å². The number of aliphatic imine (C=N–C) groups is 1. The fourth-order valence-corrected chi connectivity index (χ4v) is 21.0. The van der Waals surface area contributed by atoms with Gasteiger partial charge in [-0.2, -0.15) is 0 Å². The van der Waals surface area contributed by atoms with Crippen LogP contribution in [-0.4, -0.2) is 31.4 Å². The summed E-state index contributed by atoms with van der Waals surface area (Å²) in [6, 6.07) is 23.9. The Labute approximate surface area is 211 Å². The van der Waals surface area contributed by atoms with E-state index in [1.807, 2.05) is 19.2 Å².